The van der Waals surface area contributed by atoms with Gasteiger partial charge in [-0.15, -0.1) is 11.6 Å². The third kappa shape index (κ3) is 2.24. The first kappa shape index (κ1) is 13.9. The number of imidazole rings is 1. The Labute approximate surface area is 125 Å². The van der Waals surface area contributed by atoms with Crippen LogP contribution in [0.5, 0.6) is 0 Å². The number of fused-ring (bicyclic) bond motifs is 1. The smallest absolute Gasteiger partial charge is 0.158 e. The van der Waals surface area contributed by atoms with Crippen LogP contribution in [0.1, 0.15) is 56.4 Å². The third-order valence-corrected chi connectivity index (χ3v) is 4.59. The van der Waals surface area contributed by atoms with E-state index in [1.54, 1.807) is 0 Å². The van der Waals surface area contributed by atoms with Gasteiger partial charge >= 0.3 is 0 Å². The molecule has 0 N–H and O–H groups in total. The number of aromatic nitrogens is 4. The van der Waals surface area contributed by atoms with Gasteiger partial charge in [0.05, 0.1) is 11.1 Å². The van der Waals surface area contributed by atoms with Crippen molar-refractivity contribution in [1.82, 2.24) is 19.3 Å². The van der Waals surface area contributed by atoms with E-state index in [2.05, 4.69) is 21.3 Å². The van der Waals surface area contributed by atoms with Crippen molar-refractivity contribution in [3.05, 3.63) is 11.5 Å². The van der Waals surface area contributed by atoms with Crippen molar-refractivity contribution >= 4 is 22.8 Å². The summed E-state index contributed by atoms with van der Waals surface area (Å²) in [5.74, 6) is 1.76. The lowest BCUT2D eigenvalue weighted by Crippen LogP contribution is -2.14. The van der Waals surface area contributed by atoms with E-state index in [1.165, 1.54) is 25.7 Å². The first-order valence-corrected chi connectivity index (χ1v) is 8.13. The molecule has 1 atom stereocenters. The Balaban J connectivity index is 2.11. The fourth-order valence-electron chi connectivity index (χ4n) is 3.40. The minimum atomic E-state index is -0.0616. The van der Waals surface area contributed by atoms with Crippen molar-refractivity contribution in [3.63, 3.8) is 0 Å². The number of rotatable bonds is 4. The summed E-state index contributed by atoms with van der Waals surface area (Å²) >= 11 is 6.36. The van der Waals surface area contributed by atoms with E-state index in [-0.39, 0.29) is 5.38 Å². The van der Waals surface area contributed by atoms with Crippen LogP contribution in [0.2, 0.25) is 0 Å². The van der Waals surface area contributed by atoms with Crippen molar-refractivity contribution in [3.8, 4) is 0 Å². The highest BCUT2D eigenvalue weighted by Gasteiger charge is 2.24. The molecule has 0 amide bonds. The first-order valence-electron chi connectivity index (χ1n) is 7.69. The Kier molecular flexibility index (Phi) is 3.76. The molecule has 2 aromatic heterocycles. The number of nitrogens with zero attached hydrogens (tertiary/aromatic N) is 4. The third-order valence-electron chi connectivity index (χ3n) is 4.40. The van der Waals surface area contributed by atoms with Crippen LogP contribution in [0.15, 0.2) is 0 Å². The Morgan fingerprint density at radius 1 is 1.35 bits per heavy atom. The maximum absolute atomic E-state index is 6.36. The molecule has 0 aliphatic heterocycles. The topological polar surface area (TPSA) is 35.6 Å². The number of halogens is 1. The Morgan fingerprint density at radius 3 is 2.65 bits per heavy atom. The van der Waals surface area contributed by atoms with Crippen molar-refractivity contribution in [2.45, 2.75) is 64.9 Å². The Bertz CT molecular complexity index is 605. The highest BCUT2D eigenvalue weighted by molar-refractivity contribution is 6.20. The molecule has 1 saturated carbocycles. The molecule has 5 heteroatoms. The van der Waals surface area contributed by atoms with Crippen LogP contribution in [0, 0.1) is 12.8 Å². The molecule has 20 heavy (non-hydrogen) atoms. The summed E-state index contributed by atoms with van der Waals surface area (Å²) in [7, 11) is 0. The second-order valence-corrected chi connectivity index (χ2v) is 6.58. The van der Waals surface area contributed by atoms with Gasteiger partial charge in [0.2, 0.25) is 0 Å². The maximum Gasteiger partial charge on any atom is 0.158 e. The molecule has 0 spiro atoms. The summed E-state index contributed by atoms with van der Waals surface area (Å²) in [4.78, 5) is 4.77. The van der Waals surface area contributed by atoms with Crippen LogP contribution in [0.25, 0.3) is 11.2 Å². The van der Waals surface area contributed by atoms with Gasteiger partial charge in [-0.2, -0.15) is 5.10 Å². The van der Waals surface area contributed by atoms with E-state index in [0.717, 1.165) is 41.7 Å². The van der Waals surface area contributed by atoms with E-state index in [4.69, 9.17) is 16.6 Å². The highest BCUT2D eigenvalue weighted by Crippen LogP contribution is 2.31. The van der Waals surface area contributed by atoms with Crippen LogP contribution < -0.4 is 0 Å². The molecule has 1 unspecified atom stereocenters. The van der Waals surface area contributed by atoms with Gasteiger partial charge < -0.3 is 4.57 Å². The molecule has 2 heterocycles. The molecule has 0 radical (unpaired) electrons. The van der Waals surface area contributed by atoms with Crippen molar-refractivity contribution < 1.29 is 0 Å². The zero-order valence-corrected chi connectivity index (χ0v) is 13.3. The summed E-state index contributed by atoms with van der Waals surface area (Å²) in [5, 5.41) is 4.53. The first-order chi connectivity index (χ1) is 9.61. The maximum atomic E-state index is 6.36. The molecule has 1 fully saturated rings. The summed E-state index contributed by atoms with van der Waals surface area (Å²) in [6, 6.07) is 0. The van der Waals surface area contributed by atoms with Crippen molar-refractivity contribution in [2.24, 2.45) is 5.92 Å². The van der Waals surface area contributed by atoms with E-state index < -0.39 is 0 Å². The minimum absolute atomic E-state index is 0.0616. The summed E-state index contributed by atoms with van der Waals surface area (Å²) in [6.45, 7) is 8.07. The minimum Gasteiger partial charge on any atom is -0.311 e. The molecule has 0 saturated heterocycles. The van der Waals surface area contributed by atoms with Gasteiger partial charge in [0.25, 0.3) is 0 Å². The lowest BCUT2D eigenvalue weighted by Gasteiger charge is -2.15. The number of aryl methyl sites for hydroxylation is 2. The number of hydrogen-bond donors (Lipinski definition) is 0. The van der Waals surface area contributed by atoms with Crippen molar-refractivity contribution in [2.75, 3.05) is 0 Å². The van der Waals surface area contributed by atoms with Gasteiger partial charge in [0.15, 0.2) is 5.65 Å². The zero-order chi connectivity index (χ0) is 14.3. The van der Waals surface area contributed by atoms with Gasteiger partial charge in [-0.05, 0) is 39.5 Å². The van der Waals surface area contributed by atoms with Gasteiger partial charge in [-0.3, -0.25) is 0 Å². The zero-order valence-electron chi connectivity index (χ0n) is 12.6. The van der Waals surface area contributed by atoms with Crippen molar-refractivity contribution in [1.29, 1.82) is 0 Å². The largest absolute Gasteiger partial charge is 0.311 e. The van der Waals surface area contributed by atoms with Crippen LogP contribution in [0.3, 0.4) is 0 Å². The lowest BCUT2D eigenvalue weighted by atomic mass is 10.1. The molecule has 4 nitrogen and oxygen atoms in total. The molecule has 1 aliphatic rings. The highest BCUT2D eigenvalue weighted by atomic mass is 35.5. The standard InChI is InChI=1S/C15H23ClN4/c1-4-20-15-13(11(3)18-20)17-14(10(2)16)19(15)9-12-7-5-6-8-12/h10,12H,4-9H2,1-3H3. The Hall–Kier alpha value is -1.03. The molecule has 1 aliphatic carbocycles. The fourth-order valence-corrected chi connectivity index (χ4v) is 3.56. The normalized spacial score (nSPS) is 18.2. The van der Waals surface area contributed by atoms with E-state index in [0.29, 0.717) is 0 Å². The molecule has 110 valence electrons. The van der Waals surface area contributed by atoms with Gasteiger partial charge in [0.1, 0.15) is 11.3 Å². The second kappa shape index (κ2) is 5.40. The summed E-state index contributed by atoms with van der Waals surface area (Å²) in [5.41, 5.74) is 3.18. The van der Waals surface area contributed by atoms with Crippen LogP contribution in [-0.4, -0.2) is 19.3 Å². The van der Waals surface area contributed by atoms with E-state index >= 15 is 0 Å². The van der Waals surface area contributed by atoms with Crippen LogP contribution in [0.4, 0.5) is 0 Å². The molecule has 0 aromatic carbocycles. The van der Waals surface area contributed by atoms with Crippen LogP contribution in [-0.2, 0) is 13.1 Å². The Morgan fingerprint density at radius 2 is 2.05 bits per heavy atom. The van der Waals surface area contributed by atoms with Gasteiger partial charge in [0, 0.05) is 13.1 Å². The number of hydrogen-bond acceptors (Lipinski definition) is 2. The summed E-state index contributed by atoms with van der Waals surface area (Å²) in [6.07, 6.45) is 5.38. The monoisotopic (exact) mass is 294 g/mol. The molecular weight excluding hydrogens is 272 g/mol. The van der Waals surface area contributed by atoms with Crippen LogP contribution >= 0.6 is 11.6 Å². The average molecular weight is 295 g/mol. The van der Waals surface area contributed by atoms with E-state index in [1.807, 2.05) is 13.8 Å². The molecule has 3 rings (SSSR count). The SMILES string of the molecule is CCn1nc(C)c2nc(C(C)Cl)n(CC3CCCC3)c21. The average Bonchev–Trinajstić information content (AvgIpc) is 3.09. The van der Waals surface area contributed by atoms with Gasteiger partial charge in [-0.1, -0.05) is 12.8 Å². The molecule has 0 bridgehead atoms. The van der Waals surface area contributed by atoms with E-state index in [9.17, 15) is 0 Å². The van der Waals surface area contributed by atoms with Gasteiger partial charge in [-0.25, -0.2) is 9.67 Å². The lowest BCUT2D eigenvalue weighted by molar-refractivity contribution is 0.447. The predicted octanol–water partition coefficient (Wildman–Crippen LogP) is 4.05. The molecule has 2 aromatic rings. The predicted molar refractivity (Wildman–Crippen MR) is 82.2 cm³/mol. The summed E-state index contributed by atoms with van der Waals surface area (Å²) < 4.78 is 4.39. The number of alkyl halides is 1. The second-order valence-electron chi connectivity index (χ2n) is 5.92. The quantitative estimate of drug-likeness (QED) is 0.798. The fraction of sp³-hybridized carbons (Fsp3) is 0.733. The molecular formula is C15H23ClN4.